The van der Waals surface area contributed by atoms with Crippen molar-refractivity contribution in [3.05, 3.63) is 54.7 Å². The molecule has 1 aliphatic rings. The maximum Gasteiger partial charge on any atom is 0.338 e. The Morgan fingerprint density at radius 3 is 2.85 bits per heavy atom. The van der Waals surface area contributed by atoms with Crippen molar-refractivity contribution in [2.45, 2.75) is 19.9 Å². The summed E-state index contributed by atoms with van der Waals surface area (Å²) in [5.41, 5.74) is 3.17. The molecule has 1 N–H and O–H groups in total. The number of esters is 1. The van der Waals surface area contributed by atoms with E-state index in [4.69, 9.17) is 9.72 Å². The first-order chi connectivity index (χ1) is 12.5. The third-order valence-corrected chi connectivity index (χ3v) is 7.04. The molecule has 0 saturated heterocycles. The van der Waals surface area contributed by atoms with E-state index in [0.29, 0.717) is 18.1 Å². The van der Waals surface area contributed by atoms with Crippen LogP contribution in [0.25, 0.3) is 11.0 Å². The second kappa shape index (κ2) is 6.83. The number of hydrogen-bond acceptors (Lipinski definition) is 5. The summed E-state index contributed by atoms with van der Waals surface area (Å²) in [6.07, 6.45) is 0. The second-order valence-electron chi connectivity index (χ2n) is 5.86. The molecule has 1 atom stereocenters. The third kappa shape index (κ3) is 2.80. The van der Waals surface area contributed by atoms with Gasteiger partial charge in [-0.3, -0.25) is 4.57 Å². The Morgan fingerprint density at radius 2 is 2.15 bits per heavy atom. The van der Waals surface area contributed by atoms with Gasteiger partial charge in [0.25, 0.3) is 0 Å². The van der Waals surface area contributed by atoms with Gasteiger partial charge in [0, 0.05) is 19.5 Å². The van der Waals surface area contributed by atoms with Gasteiger partial charge < -0.3 is 10.1 Å². The molecular weight excluding hydrogens is 482 g/mol. The Hall–Kier alpha value is -1.64. The summed E-state index contributed by atoms with van der Waals surface area (Å²) in [5.74, 6) is 0.411. The zero-order valence-electron chi connectivity index (χ0n) is 14.0. The number of nitrogens with zero attached hydrogens (tertiary/aromatic N) is 2. The monoisotopic (exact) mass is 495 g/mol. The van der Waals surface area contributed by atoms with E-state index >= 15 is 0 Å². The summed E-state index contributed by atoms with van der Waals surface area (Å²) in [4.78, 5) is 18.5. The molecule has 26 heavy (non-hydrogen) atoms. The minimum absolute atomic E-state index is 0.275. The van der Waals surface area contributed by atoms with Crippen molar-refractivity contribution in [2.75, 3.05) is 11.9 Å². The van der Waals surface area contributed by atoms with Crippen molar-refractivity contribution in [2.24, 2.45) is 0 Å². The fourth-order valence-electron chi connectivity index (χ4n) is 3.20. The zero-order valence-corrected chi connectivity index (χ0v) is 18.0. The molecule has 0 radical (unpaired) electrons. The molecule has 0 saturated carbocycles. The summed E-state index contributed by atoms with van der Waals surface area (Å²) in [5, 5.41) is 5.29. The van der Waals surface area contributed by atoms with Gasteiger partial charge in [-0.25, -0.2) is 9.78 Å². The summed E-state index contributed by atoms with van der Waals surface area (Å²) in [6, 6.07) is 7.74. The smallest absolute Gasteiger partial charge is 0.338 e. The highest BCUT2D eigenvalue weighted by molar-refractivity contribution is 9.13. The Bertz CT molecular complexity index is 1040. The van der Waals surface area contributed by atoms with Gasteiger partial charge in [0.15, 0.2) is 0 Å². The van der Waals surface area contributed by atoms with Gasteiger partial charge in [-0.15, -0.1) is 11.3 Å². The predicted molar refractivity (Wildman–Crippen MR) is 111 cm³/mol. The lowest BCUT2D eigenvalue weighted by Gasteiger charge is -2.29. The van der Waals surface area contributed by atoms with Crippen molar-refractivity contribution in [3.63, 3.8) is 0 Å². The fraction of sp³-hybridized carbons (Fsp3) is 0.222. The fourth-order valence-corrected chi connectivity index (χ4v) is 4.69. The predicted octanol–water partition coefficient (Wildman–Crippen LogP) is 5.47. The number of fused-ring (bicyclic) bond motifs is 3. The number of benzene rings is 1. The molecule has 5 nitrogen and oxygen atoms in total. The number of carbonyl (C=O) groups is 1. The van der Waals surface area contributed by atoms with E-state index in [-0.39, 0.29) is 12.0 Å². The number of aromatic nitrogens is 2. The van der Waals surface area contributed by atoms with Crippen LogP contribution in [-0.2, 0) is 9.53 Å². The van der Waals surface area contributed by atoms with Crippen LogP contribution in [0.4, 0.5) is 5.95 Å². The Balaban J connectivity index is 1.99. The summed E-state index contributed by atoms with van der Waals surface area (Å²) < 4.78 is 9.28. The largest absolute Gasteiger partial charge is 0.463 e. The van der Waals surface area contributed by atoms with Crippen LogP contribution in [0, 0.1) is 0 Å². The number of ether oxygens (including phenoxy) is 1. The highest BCUT2D eigenvalue weighted by Crippen LogP contribution is 2.42. The van der Waals surface area contributed by atoms with E-state index in [1.165, 1.54) is 0 Å². The standard InChI is InChI=1S/C18H15Br2N3O2S/c1-3-25-17(24)15-9(2)21-18-22-12-7-10(19)11(20)8-13(12)23(18)16(15)14-5-4-6-26-14/h4-8,16H,3H2,1-2H3,(H,21,22). The van der Waals surface area contributed by atoms with Gasteiger partial charge >= 0.3 is 5.97 Å². The lowest BCUT2D eigenvalue weighted by atomic mass is 10.0. The van der Waals surface area contributed by atoms with E-state index in [1.807, 2.05) is 43.5 Å². The highest BCUT2D eigenvalue weighted by atomic mass is 79.9. The Kier molecular flexibility index (Phi) is 4.66. The number of hydrogen-bond donors (Lipinski definition) is 1. The Morgan fingerprint density at radius 1 is 1.38 bits per heavy atom. The molecule has 1 unspecified atom stereocenters. The number of anilines is 1. The molecule has 4 rings (SSSR count). The van der Waals surface area contributed by atoms with Crippen molar-refractivity contribution >= 4 is 66.1 Å². The van der Waals surface area contributed by atoms with E-state index in [1.54, 1.807) is 11.3 Å². The van der Waals surface area contributed by atoms with Gasteiger partial charge in [0.2, 0.25) is 5.95 Å². The van der Waals surface area contributed by atoms with E-state index in [2.05, 4.69) is 41.7 Å². The van der Waals surface area contributed by atoms with Crippen molar-refractivity contribution in [1.29, 1.82) is 0 Å². The molecule has 0 amide bonds. The molecule has 134 valence electrons. The maximum atomic E-state index is 12.7. The molecule has 0 bridgehead atoms. The van der Waals surface area contributed by atoms with E-state index < -0.39 is 0 Å². The molecule has 0 fully saturated rings. The molecule has 0 spiro atoms. The average molecular weight is 497 g/mol. The quantitative estimate of drug-likeness (QED) is 0.488. The first-order valence-electron chi connectivity index (χ1n) is 8.06. The molecule has 3 heterocycles. The molecular formula is C18H15Br2N3O2S. The molecule has 3 aromatic rings. The molecule has 8 heteroatoms. The SMILES string of the molecule is CCOC(=O)C1=C(C)Nc2nc3cc(Br)c(Br)cc3n2C1c1cccs1. The number of nitrogens with one attached hydrogen (secondary N) is 1. The van der Waals surface area contributed by atoms with E-state index in [0.717, 1.165) is 30.6 Å². The summed E-state index contributed by atoms with van der Waals surface area (Å²) in [7, 11) is 0. The maximum absolute atomic E-state index is 12.7. The van der Waals surface area contributed by atoms with Crippen LogP contribution < -0.4 is 5.32 Å². The van der Waals surface area contributed by atoms with Crippen LogP contribution in [0.2, 0.25) is 0 Å². The minimum atomic E-state index is -0.306. The first-order valence-corrected chi connectivity index (χ1v) is 10.5. The Labute approximate surface area is 171 Å². The number of imidazole rings is 1. The molecule has 2 aromatic heterocycles. The van der Waals surface area contributed by atoms with Crippen LogP contribution in [0.5, 0.6) is 0 Å². The van der Waals surface area contributed by atoms with Crippen LogP contribution in [0.1, 0.15) is 24.8 Å². The lowest BCUT2D eigenvalue weighted by molar-refractivity contribution is -0.139. The van der Waals surface area contributed by atoms with Crippen molar-refractivity contribution in [3.8, 4) is 0 Å². The number of rotatable bonds is 3. The third-order valence-electron chi connectivity index (χ3n) is 4.27. The number of thiophene rings is 1. The van der Waals surface area contributed by atoms with Crippen LogP contribution in [0.3, 0.4) is 0 Å². The van der Waals surface area contributed by atoms with E-state index in [9.17, 15) is 4.79 Å². The lowest BCUT2D eigenvalue weighted by Crippen LogP contribution is -2.28. The van der Waals surface area contributed by atoms with Crippen molar-refractivity contribution < 1.29 is 9.53 Å². The minimum Gasteiger partial charge on any atom is -0.463 e. The van der Waals surface area contributed by atoms with Crippen LogP contribution >= 0.6 is 43.2 Å². The topological polar surface area (TPSA) is 56.1 Å². The van der Waals surface area contributed by atoms with Crippen LogP contribution in [-0.4, -0.2) is 22.1 Å². The summed E-state index contributed by atoms with van der Waals surface area (Å²) in [6.45, 7) is 4.04. The van der Waals surface area contributed by atoms with Gasteiger partial charge in [0.05, 0.1) is 23.2 Å². The van der Waals surface area contributed by atoms with Crippen LogP contribution in [0.15, 0.2) is 49.9 Å². The number of halogens is 2. The first kappa shape index (κ1) is 17.8. The van der Waals surface area contributed by atoms with Gasteiger partial charge in [-0.05, 0) is 69.3 Å². The molecule has 1 aromatic carbocycles. The number of carbonyl (C=O) groups excluding carboxylic acids is 1. The van der Waals surface area contributed by atoms with Gasteiger partial charge in [-0.1, -0.05) is 6.07 Å². The second-order valence-corrected chi connectivity index (χ2v) is 8.55. The average Bonchev–Trinajstić information content (AvgIpc) is 3.22. The molecule has 1 aliphatic heterocycles. The molecule has 0 aliphatic carbocycles. The normalized spacial score (nSPS) is 16.5. The zero-order chi connectivity index (χ0) is 18.4. The number of allylic oxidation sites excluding steroid dienone is 1. The summed E-state index contributed by atoms with van der Waals surface area (Å²) >= 11 is 8.72. The van der Waals surface area contributed by atoms with Gasteiger partial charge in [0.1, 0.15) is 6.04 Å². The highest BCUT2D eigenvalue weighted by Gasteiger charge is 2.35. The van der Waals surface area contributed by atoms with Gasteiger partial charge in [-0.2, -0.15) is 0 Å². The van der Waals surface area contributed by atoms with Crippen molar-refractivity contribution in [1.82, 2.24) is 9.55 Å².